The highest BCUT2D eigenvalue weighted by Gasteiger charge is 2.52. The van der Waals surface area contributed by atoms with E-state index in [9.17, 15) is 4.39 Å². The van der Waals surface area contributed by atoms with Crippen LogP contribution >= 0.6 is 0 Å². The summed E-state index contributed by atoms with van der Waals surface area (Å²) in [5.74, 6) is 0.485. The first-order chi connectivity index (χ1) is 9.58. The van der Waals surface area contributed by atoms with Gasteiger partial charge in [0.1, 0.15) is 5.82 Å². The number of rotatable bonds is 6. The summed E-state index contributed by atoms with van der Waals surface area (Å²) in [6.07, 6.45) is 4.74. The van der Waals surface area contributed by atoms with Crippen LogP contribution in [0.4, 0.5) is 4.39 Å². The number of hydrogen-bond donors (Lipinski definition) is 1. The van der Waals surface area contributed by atoms with Crippen molar-refractivity contribution >= 4 is 0 Å². The standard InChI is InChI=1S/C18H28FN/c1-5-10-20-17-12-15(18(17,6-2)7-3)14-8-9-16(19)13(4)11-14/h8-9,11,15,17,20H,5-7,10,12H2,1-4H3. The van der Waals surface area contributed by atoms with Crippen LogP contribution < -0.4 is 5.32 Å². The molecule has 1 aromatic rings. The lowest BCUT2D eigenvalue weighted by molar-refractivity contribution is 0.0201. The van der Waals surface area contributed by atoms with Crippen LogP contribution in [0.1, 0.15) is 63.5 Å². The summed E-state index contributed by atoms with van der Waals surface area (Å²) in [6.45, 7) is 9.77. The molecule has 0 aromatic heterocycles. The summed E-state index contributed by atoms with van der Waals surface area (Å²) in [5, 5.41) is 3.71. The minimum absolute atomic E-state index is 0.0904. The van der Waals surface area contributed by atoms with E-state index in [2.05, 4.69) is 32.2 Å². The summed E-state index contributed by atoms with van der Waals surface area (Å²) in [6, 6.07) is 6.29. The van der Waals surface area contributed by atoms with Gasteiger partial charge in [0.2, 0.25) is 0 Å². The molecular formula is C18H28FN. The molecule has 0 bridgehead atoms. The lowest BCUT2D eigenvalue weighted by Gasteiger charge is -2.57. The molecule has 2 atom stereocenters. The monoisotopic (exact) mass is 277 g/mol. The maximum atomic E-state index is 13.5. The van der Waals surface area contributed by atoms with Gasteiger partial charge in [-0.05, 0) is 67.7 Å². The van der Waals surface area contributed by atoms with E-state index in [4.69, 9.17) is 0 Å². The molecule has 0 amide bonds. The molecule has 1 N–H and O–H groups in total. The van der Waals surface area contributed by atoms with Gasteiger partial charge >= 0.3 is 0 Å². The van der Waals surface area contributed by atoms with E-state index in [1.54, 1.807) is 6.07 Å². The van der Waals surface area contributed by atoms with Crippen molar-refractivity contribution in [3.8, 4) is 0 Å². The van der Waals surface area contributed by atoms with E-state index >= 15 is 0 Å². The highest BCUT2D eigenvalue weighted by atomic mass is 19.1. The fourth-order valence-corrected chi connectivity index (χ4v) is 3.98. The molecule has 1 fully saturated rings. The van der Waals surface area contributed by atoms with Gasteiger partial charge in [-0.1, -0.05) is 32.9 Å². The average Bonchev–Trinajstić information content (AvgIpc) is 2.43. The third kappa shape index (κ3) is 2.50. The van der Waals surface area contributed by atoms with Gasteiger partial charge in [0.25, 0.3) is 0 Å². The predicted octanol–water partition coefficient (Wildman–Crippen LogP) is 4.80. The fourth-order valence-electron chi connectivity index (χ4n) is 3.98. The zero-order valence-electron chi connectivity index (χ0n) is 13.3. The summed E-state index contributed by atoms with van der Waals surface area (Å²) in [4.78, 5) is 0. The first-order valence-electron chi connectivity index (χ1n) is 8.08. The van der Waals surface area contributed by atoms with E-state index in [1.807, 2.05) is 13.0 Å². The molecule has 0 heterocycles. The van der Waals surface area contributed by atoms with Crippen molar-refractivity contribution in [3.63, 3.8) is 0 Å². The van der Waals surface area contributed by atoms with Gasteiger partial charge in [-0.2, -0.15) is 0 Å². The van der Waals surface area contributed by atoms with Gasteiger partial charge in [0, 0.05) is 6.04 Å². The predicted molar refractivity (Wildman–Crippen MR) is 83.6 cm³/mol. The number of benzene rings is 1. The average molecular weight is 277 g/mol. The SMILES string of the molecule is CCCNC1CC(c2ccc(F)c(C)c2)C1(CC)CC. The summed E-state index contributed by atoms with van der Waals surface area (Å²) < 4.78 is 13.5. The van der Waals surface area contributed by atoms with E-state index < -0.39 is 0 Å². The van der Waals surface area contributed by atoms with Gasteiger partial charge < -0.3 is 5.32 Å². The van der Waals surface area contributed by atoms with Crippen LogP contribution in [-0.4, -0.2) is 12.6 Å². The fraction of sp³-hybridized carbons (Fsp3) is 0.667. The lowest BCUT2D eigenvalue weighted by Crippen LogP contribution is -2.58. The second-order valence-corrected chi connectivity index (χ2v) is 6.24. The Morgan fingerprint density at radius 3 is 2.50 bits per heavy atom. The molecule has 1 saturated carbocycles. The highest BCUT2D eigenvalue weighted by Crippen LogP contribution is 2.57. The van der Waals surface area contributed by atoms with Gasteiger partial charge in [-0.3, -0.25) is 0 Å². The molecule has 1 aliphatic carbocycles. The number of nitrogens with one attached hydrogen (secondary N) is 1. The molecule has 2 rings (SSSR count). The Morgan fingerprint density at radius 1 is 1.25 bits per heavy atom. The Hall–Kier alpha value is -0.890. The minimum atomic E-state index is -0.0904. The van der Waals surface area contributed by atoms with Gasteiger partial charge in [-0.15, -0.1) is 0 Å². The topological polar surface area (TPSA) is 12.0 Å². The molecule has 0 aliphatic heterocycles. The van der Waals surface area contributed by atoms with Gasteiger partial charge in [-0.25, -0.2) is 4.39 Å². The molecule has 1 aliphatic rings. The number of halogens is 1. The Bertz CT molecular complexity index is 451. The molecule has 1 nitrogen and oxygen atoms in total. The van der Waals surface area contributed by atoms with Crippen molar-refractivity contribution < 1.29 is 4.39 Å². The largest absolute Gasteiger partial charge is 0.313 e. The van der Waals surface area contributed by atoms with Crippen molar-refractivity contribution in [2.45, 2.75) is 65.3 Å². The van der Waals surface area contributed by atoms with Crippen LogP contribution in [0.5, 0.6) is 0 Å². The van der Waals surface area contributed by atoms with Crippen LogP contribution in [0.3, 0.4) is 0 Å². The van der Waals surface area contributed by atoms with Crippen molar-refractivity contribution in [2.24, 2.45) is 5.41 Å². The quantitative estimate of drug-likeness (QED) is 0.788. The third-order valence-corrected chi connectivity index (χ3v) is 5.40. The third-order valence-electron chi connectivity index (χ3n) is 5.40. The molecule has 112 valence electrons. The maximum absolute atomic E-state index is 13.5. The van der Waals surface area contributed by atoms with Crippen molar-refractivity contribution in [1.29, 1.82) is 0 Å². The lowest BCUT2D eigenvalue weighted by atomic mass is 9.51. The molecule has 2 unspecified atom stereocenters. The van der Waals surface area contributed by atoms with Gasteiger partial charge in [0.15, 0.2) is 0 Å². The van der Waals surface area contributed by atoms with Crippen molar-refractivity contribution in [3.05, 3.63) is 35.1 Å². The van der Waals surface area contributed by atoms with Crippen LogP contribution in [0, 0.1) is 18.2 Å². The molecule has 1 aromatic carbocycles. The zero-order valence-corrected chi connectivity index (χ0v) is 13.3. The second-order valence-electron chi connectivity index (χ2n) is 6.24. The molecule has 0 spiro atoms. The van der Waals surface area contributed by atoms with Crippen LogP contribution in [-0.2, 0) is 0 Å². The first kappa shape index (κ1) is 15.5. The molecule has 2 heteroatoms. The van der Waals surface area contributed by atoms with E-state index in [0.717, 1.165) is 12.1 Å². The van der Waals surface area contributed by atoms with E-state index in [-0.39, 0.29) is 5.82 Å². The molecular weight excluding hydrogens is 249 g/mol. The Labute approximate surface area is 123 Å². The van der Waals surface area contributed by atoms with Crippen LogP contribution in [0.25, 0.3) is 0 Å². The molecule has 0 saturated heterocycles. The van der Waals surface area contributed by atoms with Gasteiger partial charge in [0.05, 0.1) is 0 Å². The molecule has 0 radical (unpaired) electrons. The Morgan fingerprint density at radius 2 is 1.95 bits per heavy atom. The van der Waals surface area contributed by atoms with E-state index in [1.165, 1.54) is 31.2 Å². The smallest absolute Gasteiger partial charge is 0.126 e. The summed E-state index contributed by atoms with van der Waals surface area (Å²) >= 11 is 0. The van der Waals surface area contributed by atoms with Crippen molar-refractivity contribution in [1.82, 2.24) is 5.32 Å². The number of aryl methyl sites for hydroxylation is 1. The normalized spacial score (nSPS) is 24.4. The first-order valence-corrected chi connectivity index (χ1v) is 8.08. The molecule has 20 heavy (non-hydrogen) atoms. The number of hydrogen-bond acceptors (Lipinski definition) is 1. The minimum Gasteiger partial charge on any atom is -0.313 e. The zero-order chi connectivity index (χ0) is 14.8. The maximum Gasteiger partial charge on any atom is 0.126 e. The Balaban J connectivity index is 2.21. The van der Waals surface area contributed by atoms with Crippen LogP contribution in [0.15, 0.2) is 18.2 Å². The van der Waals surface area contributed by atoms with E-state index in [0.29, 0.717) is 17.4 Å². The summed E-state index contributed by atoms with van der Waals surface area (Å²) in [5.41, 5.74) is 2.44. The Kier molecular flexibility index (Phi) is 4.85. The highest BCUT2D eigenvalue weighted by molar-refractivity contribution is 5.32. The van der Waals surface area contributed by atoms with Crippen LogP contribution in [0.2, 0.25) is 0 Å². The summed E-state index contributed by atoms with van der Waals surface area (Å²) in [7, 11) is 0. The van der Waals surface area contributed by atoms with Crippen molar-refractivity contribution in [2.75, 3.05) is 6.54 Å². The second kappa shape index (κ2) is 6.26.